The molecule has 1 amide bonds. The topological polar surface area (TPSA) is 59.0 Å². The zero-order chi connectivity index (χ0) is 20.2. The number of likely N-dealkylation sites (tertiary alicyclic amines) is 1. The maximum absolute atomic E-state index is 12.3. The van der Waals surface area contributed by atoms with Crippen molar-refractivity contribution in [3.05, 3.63) is 27.7 Å². The lowest BCUT2D eigenvalue weighted by atomic mass is 9.97. The number of hydrogen-bond donors (Lipinski definition) is 1. The van der Waals surface area contributed by atoms with Crippen molar-refractivity contribution >= 4 is 37.2 Å². The Morgan fingerprint density at radius 3 is 2.67 bits per heavy atom. The van der Waals surface area contributed by atoms with Crippen LogP contribution in [0.5, 0.6) is 5.75 Å². The number of carbonyl (C=O) groups is 1. The van der Waals surface area contributed by atoms with Crippen molar-refractivity contribution in [2.45, 2.75) is 51.1 Å². The molecule has 1 aliphatic rings. The molecular weight excluding hydrogens is 405 g/mol. The van der Waals surface area contributed by atoms with E-state index in [0.717, 1.165) is 11.6 Å². The van der Waals surface area contributed by atoms with E-state index in [-0.39, 0.29) is 18.6 Å². The lowest BCUT2D eigenvalue weighted by molar-refractivity contribution is -0.128. The Balaban J connectivity index is 2.07. The number of nitrogens with zero attached hydrogens (tertiary/aromatic N) is 1. The van der Waals surface area contributed by atoms with Crippen LogP contribution < -0.4 is 4.74 Å². The van der Waals surface area contributed by atoms with Crippen LogP contribution in [0.25, 0.3) is 0 Å². The first kappa shape index (κ1) is 22.5. The number of amides is 1. The molecule has 1 N–H and O–H groups in total. The van der Waals surface area contributed by atoms with Crippen LogP contribution in [0.4, 0.5) is 0 Å². The average molecular weight is 434 g/mol. The predicted molar refractivity (Wildman–Crippen MR) is 112 cm³/mol. The number of ether oxygens (including phenoxy) is 2. The third-order valence-electron chi connectivity index (χ3n) is 4.49. The van der Waals surface area contributed by atoms with E-state index in [1.807, 2.05) is 0 Å². The molecule has 1 saturated heterocycles. The summed E-state index contributed by atoms with van der Waals surface area (Å²) in [7, 11) is -1.15. The quantitative estimate of drug-likeness (QED) is 0.356. The molecule has 1 aromatic carbocycles. The van der Waals surface area contributed by atoms with Crippen LogP contribution in [0.1, 0.15) is 24.8 Å². The Bertz CT molecular complexity index is 664. The largest absolute Gasteiger partial charge is 0.467 e. The number of aliphatic hydroxyl groups excluding tert-OH is 1. The van der Waals surface area contributed by atoms with Gasteiger partial charge in [-0.2, -0.15) is 0 Å². The Kier molecular flexibility index (Phi) is 8.01. The first-order chi connectivity index (χ1) is 12.6. The number of benzene rings is 1. The molecule has 0 unspecified atom stereocenters. The van der Waals surface area contributed by atoms with Gasteiger partial charge in [0, 0.05) is 45.7 Å². The zero-order valence-corrected chi connectivity index (χ0v) is 18.9. The van der Waals surface area contributed by atoms with Crippen LogP contribution in [0, 0.1) is 0 Å². The van der Waals surface area contributed by atoms with Gasteiger partial charge in [0.05, 0.1) is 16.1 Å². The summed E-state index contributed by atoms with van der Waals surface area (Å²) in [6.45, 7) is 10.1. The second kappa shape index (κ2) is 9.61. The molecule has 0 radical (unpaired) electrons. The van der Waals surface area contributed by atoms with Crippen molar-refractivity contribution in [1.82, 2.24) is 4.90 Å². The molecule has 1 aliphatic heterocycles. The van der Waals surface area contributed by atoms with E-state index in [4.69, 9.17) is 32.7 Å². The minimum atomic E-state index is -1.15. The van der Waals surface area contributed by atoms with Crippen molar-refractivity contribution < 1.29 is 19.4 Å². The average Bonchev–Trinajstić information content (AvgIpc) is 2.89. The highest BCUT2D eigenvalue weighted by Gasteiger charge is 2.34. The first-order valence-corrected chi connectivity index (χ1v) is 13.7. The maximum Gasteiger partial charge on any atom is 0.223 e. The molecule has 0 saturated carbocycles. The highest BCUT2D eigenvalue weighted by atomic mass is 35.5. The zero-order valence-electron chi connectivity index (χ0n) is 16.4. The standard InChI is InChI=1S/C19H29Cl2NO4Si/c1-13(23)10-22-11-14(9-17(22)24)18-16(6-5-15(20)19(18)21)26-12-25-7-8-27(2,3)4/h5-6,13-14,23H,7-12H2,1-4H3/t13-,14-/m1/s1. The fourth-order valence-corrected chi connectivity index (χ4v) is 4.29. The molecule has 1 aromatic rings. The van der Waals surface area contributed by atoms with E-state index >= 15 is 0 Å². The van der Waals surface area contributed by atoms with Gasteiger partial charge in [-0.25, -0.2) is 0 Å². The SMILES string of the molecule is C[C@@H](O)CN1C[C@H](c2c(OCOCC[Si](C)(C)C)ccc(Cl)c2Cl)CC1=O. The highest BCUT2D eigenvalue weighted by Crippen LogP contribution is 2.42. The van der Waals surface area contributed by atoms with Gasteiger partial charge in [-0.05, 0) is 25.1 Å². The number of β-amino-alcohol motifs (C(OH)–C–C–N with tert-alkyl or cyclic N) is 1. The summed E-state index contributed by atoms with van der Waals surface area (Å²) in [5.74, 6) is 0.461. The molecule has 5 nitrogen and oxygen atoms in total. The van der Waals surface area contributed by atoms with E-state index in [1.54, 1.807) is 24.0 Å². The van der Waals surface area contributed by atoms with E-state index in [2.05, 4.69) is 19.6 Å². The summed E-state index contributed by atoms with van der Waals surface area (Å²) < 4.78 is 11.4. The normalized spacial score (nSPS) is 18.9. The van der Waals surface area contributed by atoms with Gasteiger partial charge in [-0.15, -0.1) is 0 Å². The van der Waals surface area contributed by atoms with Crippen LogP contribution in [0.15, 0.2) is 12.1 Å². The number of halogens is 2. The maximum atomic E-state index is 12.3. The van der Waals surface area contributed by atoms with Crippen LogP contribution in [-0.4, -0.2) is 56.6 Å². The third kappa shape index (κ3) is 6.64. The molecule has 2 atom stereocenters. The second-order valence-electron chi connectivity index (χ2n) is 8.30. The Morgan fingerprint density at radius 1 is 1.33 bits per heavy atom. The van der Waals surface area contributed by atoms with Gasteiger partial charge in [-0.1, -0.05) is 42.8 Å². The lowest BCUT2D eigenvalue weighted by Crippen LogP contribution is -2.32. The fraction of sp³-hybridized carbons (Fsp3) is 0.632. The number of aliphatic hydroxyl groups is 1. The number of carbonyl (C=O) groups excluding carboxylic acids is 1. The van der Waals surface area contributed by atoms with E-state index in [0.29, 0.717) is 41.9 Å². The molecule has 0 bridgehead atoms. The molecular formula is C19H29Cl2NO4Si. The van der Waals surface area contributed by atoms with Gasteiger partial charge in [0.25, 0.3) is 0 Å². The van der Waals surface area contributed by atoms with Crippen LogP contribution in [0.3, 0.4) is 0 Å². The summed E-state index contributed by atoms with van der Waals surface area (Å²) >= 11 is 12.7. The van der Waals surface area contributed by atoms with Crippen LogP contribution >= 0.6 is 23.2 Å². The Morgan fingerprint density at radius 2 is 2.04 bits per heavy atom. The molecule has 8 heteroatoms. The van der Waals surface area contributed by atoms with Crippen molar-refractivity contribution in [2.75, 3.05) is 26.5 Å². The summed E-state index contributed by atoms with van der Waals surface area (Å²) in [6, 6.07) is 4.53. The Labute approximate surface area is 172 Å². The van der Waals surface area contributed by atoms with Gasteiger partial charge >= 0.3 is 0 Å². The molecule has 2 rings (SSSR count). The number of rotatable bonds is 9. The summed E-state index contributed by atoms with van der Waals surface area (Å²) in [5.41, 5.74) is 0.736. The monoisotopic (exact) mass is 433 g/mol. The van der Waals surface area contributed by atoms with Crippen LogP contribution in [-0.2, 0) is 9.53 Å². The van der Waals surface area contributed by atoms with Gasteiger partial charge in [0.15, 0.2) is 6.79 Å². The van der Waals surface area contributed by atoms with Crippen molar-refractivity contribution in [3.63, 3.8) is 0 Å². The van der Waals surface area contributed by atoms with Gasteiger partial charge in [-0.3, -0.25) is 4.79 Å². The molecule has 0 aliphatic carbocycles. The lowest BCUT2D eigenvalue weighted by Gasteiger charge is -2.21. The summed E-state index contributed by atoms with van der Waals surface area (Å²) in [6.07, 6.45) is -0.252. The summed E-state index contributed by atoms with van der Waals surface area (Å²) in [4.78, 5) is 13.9. The highest BCUT2D eigenvalue weighted by molar-refractivity contribution is 6.76. The van der Waals surface area contributed by atoms with Gasteiger partial charge in [0.1, 0.15) is 5.75 Å². The number of hydrogen-bond acceptors (Lipinski definition) is 4. The molecule has 0 spiro atoms. The van der Waals surface area contributed by atoms with Crippen molar-refractivity contribution in [2.24, 2.45) is 0 Å². The van der Waals surface area contributed by atoms with Crippen molar-refractivity contribution in [1.29, 1.82) is 0 Å². The molecule has 27 heavy (non-hydrogen) atoms. The van der Waals surface area contributed by atoms with E-state index in [9.17, 15) is 9.90 Å². The van der Waals surface area contributed by atoms with Gasteiger partial charge in [0.2, 0.25) is 5.91 Å². The van der Waals surface area contributed by atoms with Crippen molar-refractivity contribution in [3.8, 4) is 5.75 Å². The molecule has 152 valence electrons. The first-order valence-electron chi connectivity index (χ1n) is 9.23. The Hall–Kier alpha value is -0.793. The predicted octanol–water partition coefficient (Wildman–Crippen LogP) is 4.38. The van der Waals surface area contributed by atoms with Crippen LogP contribution in [0.2, 0.25) is 35.7 Å². The minimum absolute atomic E-state index is 0.00530. The molecule has 1 fully saturated rings. The third-order valence-corrected chi connectivity index (χ3v) is 7.02. The molecule has 1 heterocycles. The summed E-state index contributed by atoms with van der Waals surface area (Å²) in [5, 5.41) is 10.4. The molecule has 0 aromatic heterocycles. The minimum Gasteiger partial charge on any atom is -0.467 e. The van der Waals surface area contributed by atoms with Gasteiger partial charge < -0.3 is 19.5 Å². The van der Waals surface area contributed by atoms with E-state index < -0.39 is 14.2 Å². The second-order valence-corrected chi connectivity index (χ2v) is 14.7. The fourth-order valence-electron chi connectivity index (χ4n) is 3.06. The van der Waals surface area contributed by atoms with E-state index in [1.165, 1.54) is 0 Å². The smallest absolute Gasteiger partial charge is 0.223 e.